The number of hydrogen-bond donors (Lipinski definition) is 0. The molecule has 0 aliphatic rings. The first-order valence-electron chi connectivity index (χ1n) is 8.71. The highest BCUT2D eigenvalue weighted by atomic mass is 35.5. The smallest absolute Gasteiger partial charge is 0.220 e. The Bertz CT molecular complexity index is 1100. The molecular formula is C20H16ClFN4O3S. The van der Waals surface area contributed by atoms with Gasteiger partial charge in [-0.3, -0.25) is 14.7 Å². The van der Waals surface area contributed by atoms with E-state index >= 15 is 0 Å². The van der Waals surface area contributed by atoms with Gasteiger partial charge in [0.15, 0.2) is 5.16 Å². The highest BCUT2D eigenvalue weighted by Gasteiger charge is 2.24. The lowest BCUT2D eigenvalue weighted by Crippen LogP contribution is -2.11. The molecule has 0 radical (unpaired) electrons. The number of benzene rings is 2. The molecule has 154 valence electrons. The number of ether oxygens (including phenoxy) is 1. The van der Waals surface area contributed by atoms with E-state index in [2.05, 4.69) is 16.1 Å². The number of nitrogens with zero attached hydrogens (tertiary/aromatic N) is 4. The molecule has 0 saturated heterocycles. The van der Waals surface area contributed by atoms with Crippen molar-refractivity contribution < 1.29 is 14.1 Å². The minimum absolute atomic E-state index is 0.0617. The first kappa shape index (κ1) is 21.6. The quantitative estimate of drug-likeness (QED) is 0.219. The summed E-state index contributed by atoms with van der Waals surface area (Å²) in [6.07, 6.45) is 5.19. The molecule has 0 aliphatic heterocycles. The molecule has 0 aliphatic carbocycles. The van der Waals surface area contributed by atoms with Crippen molar-refractivity contribution >= 4 is 23.4 Å². The molecule has 3 rings (SSSR count). The highest BCUT2D eigenvalue weighted by Crippen LogP contribution is 2.38. The van der Waals surface area contributed by atoms with Crippen LogP contribution in [0.4, 0.5) is 4.39 Å². The van der Waals surface area contributed by atoms with Crippen LogP contribution in [0.5, 0.6) is 5.75 Å². The maximum atomic E-state index is 13.3. The molecule has 0 spiro atoms. The van der Waals surface area contributed by atoms with Gasteiger partial charge in [0.25, 0.3) is 0 Å². The fourth-order valence-corrected chi connectivity index (χ4v) is 4.14. The highest BCUT2D eigenvalue weighted by molar-refractivity contribution is 7.99. The average Bonchev–Trinajstić information content (AvgIpc) is 3.07. The van der Waals surface area contributed by atoms with E-state index < -0.39 is 10.2 Å². The van der Waals surface area contributed by atoms with E-state index in [9.17, 15) is 14.5 Å². The molecule has 1 heterocycles. The van der Waals surface area contributed by atoms with Gasteiger partial charge in [0.1, 0.15) is 29.2 Å². The standard InChI is InChI=1S/C20H16ClFN4O3S/c1-3-10-29-18-9-4-14(11-17(18)21)19(12-25(27)28)30-20-24-23-13(2)26(20)16-7-5-15(22)6-8-16/h1,4-9,11,19H,10,12H2,2H3/t19-/m0/s1. The van der Waals surface area contributed by atoms with Gasteiger partial charge in [-0.25, -0.2) is 4.39 Å². The molecule has 2 aromatic carbocycles. The molecule has 1 atom stereocenters. The summed E-state index contributed by atoms with van der Waals surface area (Å²) in [6.45, 7) is 1.45. The third-order valence-corrected chi connectivity index (χ3v) is 5.56. The van der Waals surface area contributed by atoms with E-state index in [0.717, 1.165) is 0 Å². The fourth-order valence-electron chi connectivity index (χ4n) is 2.73. The SMILES string of the molecule is C#CCOc1ccc([C@H](C[N+](=O)[O-])Sc2nnc(C)n2-c2ccc(F)cc2)cc1Cl. The van der Waals surface area contributed by atoms with Crippen LogP contribution in [0.25, 0.3) is 5.69 Å². The van der Waals surface area contributed by atoms with Crippen LogP contribution in [0.2, 0.25) is 5.02 Å². The van der Waals surface area contributed by atoms with Crippen LogP contribution in [0.3, 0.4) is 0 Å². The number of nitro groups is 1. The predicted octanol–water partition coefficient (Wildman–Crippen LogP) is 4.49. The number of thioether (sulfide) groups is 1. The van der Waals surface area contributed by atoms with Crippen molar-refractivity contribution in [1.29, 1.82) is 0 Å². The molecule has 10 heteroatoms. The van der Waals surface area contributed by atoms with Gasteiger partial charge in [-0.05, 0) is 48.9 Å². The lowest BCUT2D eigenvalue weighted by molar-refractivity contribution is -0.479. The van der Waals surface area contributed by atoms with E-state index in [-0.39, 0.29) is 19.0 Å². The first-order chi connectivity index (χ1) is 14.4. The van der Waals surface area contributed by atoms with Crippen molar-refractivity contribution in [2.75, 3.05) is 13.2 Å². The number of aryl methyl sites for hydroxylation is 1. The maximum Gasteiger partial charge on any atom is 0.220 e. The Labute approximate surface area is 181 Å². The maximum absolute atomic E-state index is 13.3. The van der Waals surface area contributed by atoms with Crippen molar-refractivity contribution in [1.82, 2.24) is 14.8 Å². The molecule has 0 N–H and O–H groups in total. The van der Waals surface area contributed by atoms with Gasteiger partial charge in [-0.1, -0.05) is 35.3 Å². The van der Waals surface area contributed by atoms with Crippen molar-refractivity contribution in [3.8, 4) is 23.8 Å². The van der Waals surface area contributed by atoms with Gasteiger partial charge in [0.05, 0.1) is 5.02 Å². The Kier molecular flexibility index (Phi) is 6.92. The Hall–Kier alpha value is -3.09. The van der Waals surface area contributed by atoms with Crippen LogP contribution in [-0.2, 0) is 0 Å². The van der Waals surface area contributed by atoms with Gasteiger partial charge in [-0.15, -0.1) is 16.6 Å². The predicted molar refractivity (Wildman–Crippen MR) is 112 cm³/mol. The third-order valence-electron chi connectivity index (χ3n) is 4.08. The molecule has 0 unspecified atom stereocenters. The van der Waals surface area contributed by atoms with E-state index in [1.54, 1.807) is 41.8 Å². The molecule has 1 aromatic heterocycles. The van der Waals surface area contributed by atoms with Crippen molar-refractivity contribution in [3.63, 3.8) is 0 Å². The number of hydrogen-bond acceptors (Lipinski definition) is 6. The Morgan fingerprint density at radius 2 is 2.07 bits per heavy atom. The summed E-state index contributed by atoms with van der Waals surface area (Å²) in [6, 6.07) is 10.8. The van der Waals surface area contributed by atoms with Crippen molar-refractivity contribution in [2.45, 2.75) is 17.3 Å². The van der Waals surface area contributed by atoms with Crippen LogP contribution in [0.15, 0.2) is 47.6 Å². The lowest BCUT2D eigenvalue weighted by Gasteiger charge is -2.15. The summed E-state index contributed by atoms with van der Waals surface area (Å²) >= 11 is 7.42. The first-order valence-corrected chi connectivity index (χ1v) is 9.97. The van der Waals surface area contributed by atoms with E-state index in [0.29, 0.717) is 33.0 Å². The van der Waals surface area contributed by atoms with Crippen LogP contribution < -0.4 is 4.74 Å². The second-order valence-corrected chi connectivity index (χ2v) is 7.72. The molecule has 0 amide bonds. The zero-order valence-corrected chi connectivity index (χ0v) is 17.4. The number of terminal acetylenes is 1. The minimum atomic E-state index is -0.595. The summed E-state index contributed by atoms with van der Waals surface area (Å²) in [5.74, 6) is 2.95. The molecule has 0 bridgehead atoms. The molecule has 7 nitrogen and oxygen atoms in total. The topological polar surface area (TPSA) is 83.1 Å². The molecule has 0 saturated carbocycles. The fraction of sp³-hybridized carbons (Fsp3) is 0.200. The summed E-state index contributed by atoms with van der Waals surface area (Å²) in [4.78, 5) is 10.9. The van der Waals surface area contributed by atoms with Gasteiger partial charge in [0, 0.05) is 10.6 Å². The monoisotopic (exact) mass is 446 g/mol. The zero-order chi connectivity index (χ0) is 21.7. The second-order valence-electron chi connectivity index (χ2n) is 6.15. The van der Waals surface area contributed by atoms with Gasteiger partial charge in [0.2, 0.25) is 6.54 Å². The van der Waals surface area contributed by atoms with Crippen LogP contribution in [0, 0.1) is 35.2 Å². The summed E-state index contributed by atoms with van der Waals surface area (Å²) in [5.41, 5.74) is 1.28. The molecule has 30 heavy (non-hydrogen) atoms. The summed E-state index contributed by atoms with van der Waals surface area (Å²) in [7, 11) is 0. The van der Waals surface area contributed by atoms with Gasteiger partial charge >= 0.3 is 0 Å². The van der Waals surface area contributed by atoms with Gasteiger partial charge < -0.3 is 4.74 Å². The van der Waals surface area contributed by atoms with Crippen LogP contribution in [-0.4, -0.2) is 32.8 Å². The van der Waals surface area contributed by atoms with E-state index in [4.69, 9.17) is 22.8 Å². The second kappa shape index (κ2) is 9.61. The lowest BCUT2D eigenvalue weighted by atomic mass is 10.1. The number of rotatable bonds is 8. The third kappa shape index (κ3) is 5.09. The molecule has 0 fully saturated rings. The molecular weight excluding hydrogens is 431 g/mol. The number of halogens is 2. The Balaban J connectivity index is 1.93. The van der Waals surface area contributed by atoms with Crippen LogP contribution >= 0.6 is 23.4 Å². The summed E-state index contributed by atoms with van der Waals surface area (Å²) in [5, 5.41) is 19.7. The number of aromatic nitrogens is 3. The Morgan fingerprint density at radius 3 is 2.70 bits per heavy atom. The van der Waals surface area contributed by atoms with E-state index in [1.807, 2.05) is 0 Å². The average molecular weight is 447 g/mol. The van der Waals surface area contributed by atoms with Crippen molar-refractivity contribution in [3.05, 3.63) is 74.8 Å². The van der Waals surface area contributed by atoms with E-state index in [1.165, 1.54) is 23.9 Å². The van der Waals surface area contributed by atoms with Gasteiger partial charge in [-0.2, -0.15) is 0 Å². The van der Waals surface area contributed by atoms with Crippen LogP contribution in [0.1, 0.15) is 16.6 Å². The van der Waals surface area contributed by atoms with Crippen molar-refractivity contribution in [2.24, 2.45) is 0 Å². The largest absolute Gasteiger partial charge is 0.479 e. The minimum Gasteiger partial charge on any atom is -0.479 e. The summed E-state index contributed by atoms with van der Waals surface area (Å²) < 4.78 is 20.4. The zero-order valence-electron chi connectivity index (χ0n) is 15.8. The molecule has 3 aromatic rings. The Morgan fingerprint density at radius 1 is 1.33 bits per heavy atom. The normalized spacial score (nSPS) is 11.7.